The number of aromatic nitrogens is 2. The van der Waals surface area contributed by atoms with E-state index in [1.807, 2.05) is 67.6 Å². The third-order valence-electron chi connectivity index (χ3n) is 6.73. The number of aliphatic hydroxyl groups is 1. The number of thioether (sulfide) groups is 1. The SMILES string of the molecule is C=CCOC(=O)NCc1cccc(-c2ccc([C@@H]3O[C@H](CSc4nnc(C)s4)C[C@H](c4ccc(CO)cc4)O3)cc2)c1. The van der Waals surface area contributed by atoms with Crippen LogP contribution in [-0.2, 0) is 27.4 Å². The lowest BCUT2D eigenvalue weighted by Crippen LogP contribution is -2.31. The number of hydrogen-bond donors (Lipinski definition) is 2. The molecule has 1 aliphatic heterocycles. The molecular weight excluding hydrogens is 571 g/mol. The number of amides is 1. The Morgan fingerprint density at radius 3 is 2.57 bits per heavy atom. The minimum atomic E-state index is -0.533. The molecule has 3 atom stereocenters. The van der Waals surface area contributed by atoms with Crippen molar-refractivity contribution in [2.24, 2.45) is 0 Å². The van der Waals surface area contributed by atoms with Crippen LogP contribution in [0.25, 0.3) is 11.1 Å². The molecule has 0 spiro atoms. The van der Waals surface area contributed by atoms with Gasteiger partial charge in [-0.05, 0) is 40.8 Å². The van der Waals surface area contributed by atoms with Gasteiger partial charge in [0.15, 0.2) is 10.6 Å². The molecule has 0 bridgehead atoms. The van der Waals surface area contributed by atoms with Crippen LogP contribution in [0.3, 0.4) is 0 Å². The monoisotopic (exact) mass is 603 g/mol. The molecule has 5 rings (SSSR count). The Hall–Kier alpha value is -3.54. The summed E-state index contributed by atoms with van der Waals surface area (Å²) in [6.07, 6.45) is 1.02. The summed E-state index contributed by atoms with van der Waals surface area (Å²) in [6, 6.07) is 24.1. The summed E-state index contributed by atoms with van der Waals surface area (Å²) in [7, 11) is 0. The van der Waals surface area contributed by atoms with Gasteiger partial charge >= 0.3 is 6.09 Å². The second kappa shape index (κ2) is 14.6. The van der Waals surface area contributed by atoms with Gasteiger partial charge in [0.05, 0.1) is 18.8 Å². The van der Waals surface area contributed by atoms with Crippen LogP contribution in [0.15, 0.2) is 89.8 Å². The molecule has 2 N–H and O–H groups in total. The maximum absolute atomic E-state index is 11.8. The van der Waals surface area contributed by atoms with Gasteiger partial charge in [-0.15, -0.1) is 10.2 Å². The molecule has 1 amide bonds. The minimum Gasteiger partial charge on any atom is -0.445 e. The molecule has 218 valence electrons. The van der Waals surface area contributed by atoms with Gasteiger partial charge in [0.25, 0.3) is 0 Å². The standard InChI is InChI=1S/C32H33N3O5S2/c1-3-15-38-31(37)33-18-23-5-4-6-27(16-23)24-11-13-26(14-12-24)30-39-28(20-41-32-35-34-21(2)42-32)17-29(40-30)25-9-7-22(19-36)8-10-25/h3-14,16,28-30,36H,1,15,17-20H2,2H3,(H,33,37)/t28-,29+,30+/m0/s1. The zero-order valence-corrected chi connectivity index (χ0v) is 24.9. The summed E-state index contributed by atoms with van der Waals surface area (Å²) in [6.45, 7) is 6.04. The highest BCUT2D eigenvalue weighted by atomic mass is 32.2. The first-order chi connectivity index (χ1) is 20.5. The van der Waals surface area contributed by atoms with E-state index in [-0.39, 0.29) is 25.4 Å². The first-order valence-electron chi connectivity index (χ1n) is 13.6. The number of ether oxygens (including phenoxy) is 3. The molecule has 1 aliphatic rings. The van der Waals surface area contributed by atoms with Crippen molar-refractivity contribution in [1.82, 2.24) is 15.5 Å². The highest BCUT2D eigenvalue weighted by molar-refractivity contribution is 8.01. The van der Waals surface area contributed by atoms with Crippen LogP contribution in [0.4, 0.5) is 4.79 Å². The van der Waals surface area contributed by atoms with Crippen LogP contribution in [0.2, 0.25) is 0 Å². The highest BCUT2D eigenvalue weighted by Crippen LogP contribution is 2.40. The van der Waals surface area contributed by atoms with Gasteiger partial charge in [-0.2, -0.15) is 0 Å². The highest BCUT2D eigenvalue weighted by Gasteiger charge is 2.32. The molecule has 1 aromatic heterocycles. The van der Waals surface area contributed by atoms with Gasteiger partial charge < -0.3 is 24.6 Å². The summed E-state index contributed by atoms with van der Waals surface area (Å²) >= 11 is 3.23. The normalized spacial score (nSPS) is 18.4. The predicted octanol–water partition coefficient (Wildman–Crippen LogP) is 6.76. The molecule has 1 saturated heterocycles. The number of hydrogen-bond acceptors (Lipinski definition) is 9. The molecule has 4 aromatic rings. The number of nitrogens with zero attached hydrogens (tertiary/aromatic N) is 2. The minimum absolute atomic E-state index is 0.00606. The number of rotatable bonds is 11. The zero-order valence-electron chi connectivity index (χ0n) is 23.3. The molecule has 1 fully saturated rings. The van der Waals surface area contributed by atoms with Crippen LogP contribution in [-0.4, -0.2) is 39.9 Å². The fourth-order valence-corrected chi connectivity index (χ4v) is 6.44. The molecule has 10 heteroatoms. The van der Waals surface area contributed by atoms with Crippen LogP contribution in [0, 0.1) is 6.92 Å². The number of aliphatic hydroxyl groups excluding tert-OH is 1. The molecule has 8 nitrogen and oxygen atoms in total. The van der Waals surface area contributed by atoms with Crippen molar-refractivity contribution in [2.45, 2.75) is 49.3 Å². The van der Waals surface area contributed by atoms with Gasteiger partial charge in [-0.1, -0.05) is 102 Å². The van der Waals surface area contributed by atoms with Gasteiger partial charge in [0.1, 0.15) is 11.6 Å². The summed E-state index contributed by atoms with van der Waals surface area (Å²) in [5.41, 5.74) is 5.89. The van der Waals surface area contributed by atoms with Crippen molar-refractivity contribution < 1.29 is 24.1 Å². The van der Waals surface area contributed by atoms with E-state index < -0.39 is 12.4 Å². The fourth-order valence-electron chi connectivity index (χ4n) is 4.58. The largest absolute Gasteiger partial charge is 0.445 e. The van der Waals surface area contributed by atoms with E-state index in [0.717, 1.165) is 48.5 Å². The Labute approximate surface area is 253 Å². The van der Waals surface area contributed by atoms with E-state index in [0.29, 0.717) is 13.0 Å². The Morgan fingerprint density at radius 1 is 1.07 bits per heavy atom. The van der Waals surface area contributed by atoms with Crippen molar-refractivity contribution in [1.29, 1.82) is 0 Å². The van der Waals surface area contributed by atoms with Gasteiger partial charge in [0.2, 0.25) is 0 Å². The number of nitrogens with one attached hydrogen (secondary N) is 1. The molecule has 2 heterocycles. The molecule has 0 aliphatic carbocycles. The van der Waals surface area contributed by atoms with E-state index in [9.17, 15) is 9.90 Å². The lowest BCUT2D eigenvalue weighted by Gasteiger charge is -2.36. The summed E-state index contributed by atoms with van der Waals surface area (Å²) in [4.78, 5) is 11.8. The molecule has 42 heavy (non-hydrogen) atoms. The number of carbonyl (C=O) groups excluding carboxylic acids is 1. The van der Waals surface area contributed by atoms with Crippen LogP contribution in [0.1, 0.15) is 46.1 Å². The van der Waals surface area contributed by atoms with E-state index >= 15 is 0 Å². The maximum Gasteiger partial charge on any atom is 0.407 e. The second-order valence-electron chi connectivity index (χ2n) is 9.81. The Bertz CT molecular complexity index is 1480. The van der Waals surface area contributed by atoms with E-state index in [4.69, 9.17) is 14.2 Å². The van der Waals surface area contributed by atoms with E-state index in [1.54, 1.807) is 23.1 Å². The van der Waals surface area contributed by atoms with Crippen molar-refractivity contribution in [3.8, 4) is 11.1 Å². The van der Waals surface area contributed by atoms with E-state index in [2.05, 4.69) is 34.2 Å². The lowest BCUT2D eigenvalue weighted by atomic mass is 9.99. The molecular formula is C32H33N3O5S2. The van der Waals surface area contributed by atoms with Crippen LogP contribution >= 0.6 is 23.1 Å². The summed E-state index contributed by atoms with van der Waals surface area (Å²) < 4.78 is 18.9. The van der Waals surface area contributed by atoms with Gasteiger partial charge in [-0.25, -0.2) is 4.79 Å². The lowest BCUT2D eigenvalue weighted by molar-refractivity contribution is -0.245. The van der Waals surface area contributed by atoms with Gasteiger partial charge in [-0.3, -0.25) is 0 Å². The summed E-state index contributed by atoms with van der Waals surface area (Å²) in [5.74, 6) is 0.736. The molecule has 0 saturated carbocycles. The maximum atomic E-state index is 11.8. The van der Waals surface area contributed by atoms with Crippen LogP contribution < -0.4 is 5.32 Å². The first-order valence-corrected chi connectivity index (χ1v) is 15.4. The fraction of sp³-hybridized carbons (Fsp3) is 0.281. The number of alkyl carbamates (subject to hydrolysis) is 1. The predicted molar refractivity (Wildman–Crippen MR) is 164 cm³/mol. The quantitative estimate of drug-likeness (QED) is 0.143. The smallest absolute Gasteiger partial charge is 0.407 e. The Kier molecular flexibility index (Phi) is 10.4. The number of carbonyl (C=O) groups is 1. The molecule has 3 aromatic carbocycles. The van der Waals surface area contributed by atoms with Gasteiger partial charge in [0, 0.05) is 24.3 Å². The van der Waals surface area contributed by atoms with Crippen molar-refractivity contribution in [3.05, 3.63) is 113 Å². The average molecular weight is 604 g/mol. The first kappa shape index (κ1) is 29.9. The number of aryl methyl sites for hydroxylation is 1. The van der Waals surface area contributed by atoms with Crippen molar-refractivity contribution in [2.75, 3.05) is 12.4 Å². The zero-order chi connectivity index (χ0) is 29.3. The average Bonchev–Trinajstić information content (AvgIpc) is 3.46. The second-order valence-corrected chi connectivity index (χ2v) is 12.3. The topological polar surface area (TPSA) is 103 Å². The van der Waals surface area contributed by atoms with Crippen molar-refractivity contribution >= 4 is 29.2 Å². The third-order valence-corrected chi connectivity index (χ3v) is 8.83. The molecule has 0 unspecified atom stereocenters. The van der Waals surface area contributed by atoms with Crippen LogP contribution in [0.5, 0.6) is 0 Å². The summed E-state index contributed by atoms with van der Waals surface area (Å²) in [5, 5.41) is 21.5. The van der Waals surface area contributed by atoms with E-state index in [1.165, 1.54) is 6.08 Å². The Morgan fingerprint density at radius 2 is 1.86 bits per heavy atom. The van der Waals surface area contributed by atoms with Crippen molar-refractivity contribution in [3.63, 3.8) is 0 Å². The third kappa shape index (κ3) is 8.05. The number of benzene rings is 3. The molecule has 0 radical (unpaired) electrons. The Balaban J connectivity index is 1.29.